The lowest BCUT2D eigenvalue weighted by Crippen LogP contribution is -2.47. The van der Waals surface area contributed by atoms with Crippen molar-refractivity contribution < 1.29 is 13.2 Å². The molecule has 2 rings (SSSR count). The van der Waals surface area contributed by atoms with Crippen molar-refractivity contribution >= 4 is 0 Å². The van der Waals surface area contributed by atoms with Gasteiger partial charge in [-0.05, 0) is 45.2 Å². The van der Waals surface area contributed by atoms with Crippen LogP contribution in [0.5, 0.6) is 0 Å². The zero-order valence-corrected chi connectivity index (χ0v) is 9.52. The van der Waals surface area contributed by atoms with Gasteiger partial charge in [0.05, 0.1) is 5.41 Å². The smallest absolute Gasteiger partial charge is 0.302 e. The Hall–Kier alpha value is -0.250. The largest absolute Gasteiger partial charge is 0.395 e. The fourth-order valence-corrected chi connectivity index (χ4v) is 2.97. The Balaban J connectivity index is 2.02. The van der Waals surface area contributed by atoms with E-state index in [1.54, 1.807) is 0 Å². The molecule has 93 valence electrons. The third kappa shape index (κ3) is 2.36. The monoisotopic (exact) mass is 234 g/mol. The first-order chi connectivity index (χ1) is 7.54. The molecule has 2 aliphatic rings. The Morgan fingerprint density at radius 3 is 2.12 bits per heavy atom. The molecule has 1 nitrogen and oxygen atoms in total. The molecule has 1 radical (unpaired) electrons. The number of alkyl halides is 3. The highest BCUT2D eigenvalue weighted by molar-refractivity contribution is 4.94. The first kappa shape index (κ1) is 12.2. The van der Waals surface area contributed by atoms with Crippen molar-refractivity contribution in [3.05, 3.63) is 6.42 Å². The number of piperidine rings is 1. The molecule has 0 N–H and O–H groups in total. The van der Waals surface area contributed by atoms with Gasteiger partial charge >= 0.3 is 6.18 Å². The highest BCUT2D eigenvalue weighted by Gasteiger charge is 2.56. The maximum atomic E-state index is 13.1. The summed E-state index contributed by atoms with van der Waals surface area (Å²) in [5, 5.41) is 0. The molecule has 0 spiro atoms. The molecular formula is C12H19F3N. The molecule has 1 saturated heterocycles. The molecule has 16 heavy (non-hydrogen) atoms. The van der Waals surface area contributed by atoms with Crippen molar-refractivity contribution in [3.8, 4) is 0 Å². The van der Waals surface area contributed by atoms with Crippen molar-refractivity contribution in [2.75, 3.05) is 19.6 Å². The van der Waals surface area contributed by atoms with Gasteiger partial charge in [-0.3, -0.25) is 0 Å². The van der Waals surface area contributed by atoms with Crippen LogP contribution in [0.3, 0.4) is 0 Å². The summed E-state index contributed by atoms with van der Waals surface area (Å²) in [4.78, 5) is 2.00. The van der Waals surface area contributed by atoms with Crippen LogP contribution in [0.15, 0.2) is 0 Å². The first-order valence-electron chi connectivity index (χ1n) is 6.14. The third-order valence-electron chi connectivity index (χ3n) is 3.99. The highest BCUT2D eigenvalue weighted by atomic mass is 19.4. The van der Waals surface area contributed by atoms with Crippen LogP contribution in [0.2, 0.25) is 0 Å². The number of likely N-dealkylation sites (tertiary alicyclic amines) is 1. The molecule has 0 atom stereocenters. The first-order valence-corrected chi connectivity index (χ1v) is 6.14. The van der Waals surface area contributed by atoms with Crippen LogP contribution < -0.4 is 0 Å². The summed E-state index contributed by atoms with van der Waals surface area (Å²) in [7, 11) is 0. The van der Waals surface area contributed by atoms with Crippen LogP contribution in [0.25, 0.3) is 0 Å². The van der Waals surface area contributed by atoms with Gasteiger partial charge in [0.25, 0.3) is 0 Å². The molecule has 1 heterocycles. The molecule has 0 amide bonds. The van der Waals surface area contributed by atoms with Crippen molar-refractivity contribution in [1.82, 2.24) is 4.90 Å². The summed E-state index contributed by atoms with van der Waals surface area (Å²) >= 11 is 0. The van der Waals surface area contributed by atoms with Crippen LogP contribution in [-0.4, -0.2) is 30.7 Å². The Morgan fingerprint density at radius 1 is 1.06 bits per heavy atom. The molecule has 0 aromatic heterocycles. The third-order valence-corrected chi connectivity index (χ3v) is 3.99. The summed E-state index contributed by atoms with van der Waals surface area (Å²) in [5.74, 6) is 0. The van der Waals surface area contributed by atoms with Crippen LogP contribution in [-0.2, 0) is 0 Å². The molecule has 0 aromatic rings. The van der Waals surface area contributed by atoms with Gasteiger partial charge in [-0.2, -0.15) is 13.2 Å². The van der Waals surface area contributed by atoms with Gasteiger partial charge in [0, 0.05) is 6.54 Å². The summed E-state index contributed by atoms with van der Waals surface area (Å²) in [6, 6.07) is 0. The van der Waals surface area contributed by atoms with E-state index in [4.69, 9.17) is 0 Å². The lowest BCUT2D eigenvalue weighted by atomic mass is 9.84. The van der Waals surface area contributed by atoms with Gasteiger partial charge in [0.15, 0.2) is 0 Å². The quantitative estimate of drug-likeness (QED) is 0.707. The number of nitrogens with zero attached hydrogens (tertiary/aromatic N) is 1. The van der Waals surface area contributed by atoms with E-state index in [1.807, 2.05) is 4.90 Å². The van der Waals surface area contributed by atoms with Crippen LogP contribution >= 0.6 is 0 Å². The van der Waals surface area contributed by atoms with E-state index < -0.39 is 11.6 Å². The molecule has 1 aliphatic carbocycles. The second-order valence-corrected chi connectivity index (χ2v) is 5.13. The summed E-state index contributed by atoms with van der Waals surface area (Å²) in [5.41, 5.74) is -1.40. The molecule has 0 aromatic carbocycles. The molecule has 1 aliphatic heterocycles. The fraction of sp³-hybridized carbons (Fsp3) is 0.917. The Morgan fingerprint density at radius 2 is 1.62 bits per heavy atom. The van der Waals surface area contributed by atoms with Crippen LogP contribution in [0.4, 0.5) is 13.2 Å². The summed E-state index contributed by atoms with van der Waals surface area (Å²) in [6.07, 6.45) is 2.16. The molecular weight excluding hydrogens is 215 g/mol. The van der Waals surface area contributed by atoms with Gasteiger partial charge in [0.2, 0.25) is 0 Å². The Labute approximate surface area is 95.0 Å². The standard InChI is InChI=1S/C12H19F3N/c13-12(14,15)11(6-2-3-7-11)10-16-8-4-1-5-9-16/h1H,2-10H2. The molecule has 1 saturated carbocycles. The average molecular weight is 234 g/mol. The molecule has 2 fully saturated rings. The van der Waals surface area contributed by atoms with E-state index in [0.29, 0.717) is 12.8 Å². The maximum Gasteiger partial charge on any atom is 0.395 e. The molecule has 0 unspecified atom stereocenters. The SMILES string of the molecule is FC(F)(F)C1(CN2CC[CH]CC2)CCCC1. The predicted octanol–water partition coefficient (Wildman–Crippen LogP) is 3.41. The van der Waals surface area contributed by atoms with Crippen molar-refractivity contribution in [2.45, 2.75) is 44.7 Å². The van der Waals surface area contributed by atoms with Gasteiger partial charge in [-0.15, -0.1) is 0 Å². The Kier molecular flexibility index (Phi) is 3.48. The normalized spacial score (nSPS) is 27.2. The van der Waals surface area contributed by atoms with E-state index in [2.05, 4.69) is 6.42 Å². The summed E-state index contributed by atoms with van der Waals surface area (Å²) in [6.45, 7) is 1.83. The lowest BCUT2D eigenvalue weighted by Gasteiger charge is -2.38. The number of rotatable bonds is 2. The van der Waals surface area contributed by atoms with Crippen molar-refractivity contribution in [3.63, 3.8) is 0 Å². The minimum Gasteiger partial charge on any atom is -0.302 e. The minimum absolute atomic E-state index is 0.227. The molecule has 0 bridgehead atoms. The van der Waals surface area contributed by atoms with Crippen molar-refractivity contribution in [2.24, 2.45) is 5.41 Å². The topological polar surface area (TPSA) is 3.24 Å². The molecule has 4 heteroatoms. The van der Waals surface area contributed by atoms with E-state index in [9.17, 15) is 13.2 Å². The zero-order valence-electron chi connectivity index (χ0n) is 9.52. The van der Waals surface area contributed by atoms with Crippen molar-refractivity contribution in [1.29, 1.82) is 0 Å². The number of hydrogen-bond donors (Lipinski definition) is 0. The summed E-state index contributed by atoms with van der Waals surface area (Å²) < 4.78 is 39.4. The van der Waals surface area contributed by atoms with Gasteiger partial charge in [0.1, 0.15) is 0 Å². The predicted molar refractivity (Wildman–Crippen MR) is 56.9 cm³/mol. The minimum atomic E-state index is -4.02. The lowest BCUT2D eigenvalue weighted by molar-refractivity contribution is -0.228. The van der Waals surface area contributed by atoms with Crippen LogP contribution in [0.1, 0.15) is 38.5 Å². The van der Waals surface area contributed by atoms with E-state index in [1.165, 1.54) is 0 Å². The fourth-order valence-electron chi connectivity index (χ4n) is 2.97. The highest BCUT2D eigenvalue weighted by Crippen LogP contribution is 2.51. The second kappa shape index (κ2) is 4.55. The van der Waals surface area contributed by atoms with Gasteiger partial charge in [-0.1, -0.05) is 12.8 Å². The van der Waals surface area contributed by atoms with Gasteiger partial charge in [-0.25, -0.2) is 0 Å². The Bertz CT molecular complexity index is 225. The van der Waals surface area contributed by atoms with Gasteiger partial charge < -0.3 is 4.90 Å². The van der Waals surface area contributed by atoms with E-state index in [-0.39, 0.29) is 6.54 Å². The zero-order chi connectivity index (χ0) is 11.6. The number of halogens is 3. The maximum absolute atomic E-state index is 13.1. The van der Waals surface area contributed by atoms with Crippen LogP contribution in [0, 0.1) is 11.8 Å². The van der Waals surface area contributed by atoms with E-state index in [0.717, 1.165) is 38.8 Å². The second-order valence-electron chi connectivity index (χ2n) is 5.13. The number of hydrogen-bond acceptors (Lipinski definition) is 1. The average Bonchev–Trinajstić information content (AvgIpc) is 2.68. The van der Waals surface area contributed by atoms with E-state index >= 15 is 0 Å².